The molecule has 26 heavy (non-hydrogen) atoms. The highest BCUT2D eigenvalue weighted by Crippen LogP contribution is 2.33. The van der Waals surface area contributed by atoms with Crippen LogP contribution in [0.15, 0.2) is 53.1 Å². The van der Waals surface area contributed by atoms with Gasteiger partial charge < -0.3 is 15.1 Å². The van der Waals surface area contributed by atoms with Gasteiger partial charge in [0.05, 0.1) is 11.8 Å². The molecule has 0 radical (unpaired) electrons. The molecule has 2 N–H and O–H groups in total. The van der Waals surface area contributed by atoms with E-state index >= 15 is 0 Å². The number of carbonyl (C=O) groups excluding carboxylic acids is 2. The number of hydrogen-bond acceptors (Lipinski definition) is 4. The fourth-order valence-electron chi connectivity index (χ4n) is 2.77. The number of benzene rings is 1. The van der Waals surface area contributed by atoms with Gasteiger partial charge in [0.1, 0.15) is 5.00 Å². The Balaban J connectivity index is 1.82. The van der Waals surface area contributed by atoms with Gasteiger partial charge in [-0.3, -0.25) is 9.59 Å². The standard InChI is InChI=1S/C20H20N2O3S/c1-3-15-13(2)26-20(22-18(23)16-10-7-11-25-16)17(15)19(24)21-12-14-8-5-4-6-9-14/h4-11H,3,12H2,1-2H3,(H,21,24)(H,22,23). The Morgan fingerprint density at radius 3 is 2.50 bits per heavy atom. The molecule has 0 unspecified atom stereocenters. The van der Waals surface area contributed by atoms with E-state index in [0.29, 0.717) is 23.5 Å². The molecule has 134 valence electrons. The molecule has 0 aliphatic carbocycles. The number of hydrogen-bond donors (Lipinski definition) is 2. The average molecular weight is 368 g/mol. The molecule has 0 fully saturated rings. The van der Waals surface area contributed by atoms with Crippen LogP contribution in [0.1, 0.15) is 43.8 Å². The Kier molecular flexibility index (Phi) is 5.53. The molecule has 0 bridgehead atoms. The second-order valence-electron chi connectivity index (χ2n) is 5.79. The number of nitrogens with one attached hydrogen (secondary N) is 2. The van der Waals surface area contributed by atoms with Crippen molar-refractivity contribution in [3.63, 3.8) is 0 Å². The highest BCUT2D eigenvalue weighted by molar-refractivity contribution is 7.16. The van der Waals surface area contributed by atoms with Crippen molar-refractivity contribution in [3.8, 4) is 0 Å². The Morgan fingerprint density at radius 1 is 1.08 bits per heavy atom. The Hall–Kier alpha value is -2.86. The second-order valence-corrected chi connectivity index (χ2v) is 7.02. The van der Waals surface area contributed by atoms with E-state index in [1.165, 1.54) is 17.6 Å². The van der Waals surface area contributed by atoms with Crippen LogP contribution in [-0.4, -0.2) is 11.8 Å². The zero-order valence-electron chi connectivity index (χ0n) is 14.7. The molecule has 0 atom stereocenters. The van der Waals surface area contributed by atoms with Crippen LogP contribution >= 0.6 is 11.3 Å². The summed E-state index contributed by atoms with van der Waals surface area (Å²) in [5.41, 5.74) is 2.51. The molecular formula is C20H20N2O3S. The topological polar surface area (TPSA) is 71.3 Å². The quantitative estimate of drug-likeness (QED) is 0.678. The van der Waals surface area contributed by atoms with Gasteiger partial charge in [-0.25, -0.2) is 0 Å². The lowest BCUT2D eigenvalue weighted by Gasteiger charge is -2.09. The highest BCUT2D eigenvalue weighted by atomic mass is 32.1. The summed E-state index contributed by atoms with van der Waals surface area (Å²) in [4.78, 5) is 26.1. The zero-order valence-corrected chi connectivity index (χ0v) is 15.5. The van der Waals surface area contributed by atoms with E-state index in [9.17, 15) is 9.59 Å². The van der Waals surface area contributed by atoms with Gasteiger partial charge in [0.2, 0.25) is 0 Å². The summed E-state index contributed by atoms with van der Waals surface area (Å²) in [5, 5.41) is 6.30. The number of amides is 2. The van der Waals surface area contributed by atoms with E-state index < -0.39 is 0 Å². The molecule has 2 heterocycles. The summed E-state index contributed by atoms with van der Waals surface area (Å²) >= 11 is 1.41. The molecule has 0 spiro atoms. The van der Waals surface area contributed by atoms with Gasteiger partial charge in [-0.2, -0.15) is 0 Å². The summed E-state index contributed by atoms with van der Waals surface area (Å²) in [6, 6.07) is 13.0. The molecular weight excluding hydrogens is 348 g/mol. The number of aryl methyl sites for hydroxylation is 1. The molecule has 3 rings (SSSR count). The van der Waals surface area contributed by atoms with Gasteiger partial charge in [-0.1, -0.05) is 37.3 Å². The van der Waals surface area contributed by atoms with Crippen LogP contribution in [0.3, 0.4) is 0 Å². The minimum absolute atomic E-state index is 0.190. The Labute approximate surface area is 156 Å². The highest BCUT2D eigenvalue weighted by Gasteiger charge is 2.23. The minimum atomic E-state index is -0.365. The molecule has 1 aromatic carbocycles. The lowest BCUT2D eigenvalue weighted by atomic mass is 10.1. The van der Waals surface area contributed by atoms with Gasteiger partial charge in [0, 0.05) is 11.4 Å². The van der Waals surface area contributed by atoms with Gasteiger partial charge in [0.15, 0.2) is 5.76 Å². The van der Waals surface area contributed by atoms with Crippen molar-refractivity contribution in [3.05, 3.63) is 76.1 Å². The number of anilines is 1. The van der Waals surface area contributed by atoms with E-state index in [0.717, 1.165) is 16.0 Å². The third-order valence-electron chi connectivity index (χ3n) is 4.06. The van der Waals surface area contributed by atoms with Crippen molar-refractivity contribution in [1.29, 1.82) is 0 Å². The number of carbonyl (C=O) groups is 2. The van der Waals surface area contributed by atoms with Crippen LogP contribution in [0.2, 0.25) is 0 Å². The van der Waals surface area contributed by atoms with E-state index in [2.05, 4.69) is 10.6 Å². The monoisotopic (exact) mass is 368 g/mol. The first-order valence-corrected chi connectivity index (χ1v) is 9.21. The van der Waals surface area contributed by atoms with Crippen LogP contribution in [-0.2, 0) is 13.0 Å². The van der Waals surface area contributed by atoms with Gasteiger partial charge in [-0.15, -0.1) is 11.3 Å². The molecule has 0 aliphatic rings. The predicted octanol–water partition coefficient (Wildman–Crippen LogP) is 4.39. The van der Waals surface area contributed by atoms with E-state index in [-0.39, 0.29) is 17.6 Å². The fraction of sp³-hybridized carbons (Fsp3) is 0.200. The van der Waals surface area contributed by atoms with Crippen molar-refractivity contribution in [2.45, 2.75) is 26.8 Å². The number of furan rings is 1. The molecule has 3 aromatic rings. The lowest BCUT2D eigenvalue weighted by Crippen LogP contribution is -2.25. The lowest BCUT2D eigenvalue weighted by molar-refractivity contribution is 0.0951. The van der Waals surface area contributed by atoms with E-state index in [1.54, 1.807) is 12.1 Å². The summed E-state index contributed by atoms with van der Waals surface area (Å²) in [6.07, 6.45) is 2.16. The maximum absolute atomic E-state index is 12.8. The maximum Gasteiger partial charge on any atom is 0.291 e. The van der Waals surface area contributed by atoms with Crippen LogP contribution in [0.25, 0.3) is 0 Å². The predicted molar refractivity (Wildman–Crippen MR) is 103 cm³/mol. The van der Waals surface area contributed by atoms with Crippen molar-refractivity contribution in [1.82, 2.24) is 5.32 Å². The number of thiophene rings is 1. The largest absolute Gasteiger partial charge is 0.459 e. The smallest absolute Gasteiger partial charge is 0.291 e. The van der Waals surface area contributed by atoms with Crippen LogP contribution in [0, 0.1) is 6.92 Å². The molecule has 0 saturated carbocycles. The first-order valence-electron chi connectivity index (χ1n) is 8.39. The van der Waals surface area contributed by atoms with Crippen molar-refractivity contribution in [2.75, 3.05) is 5.32 Å². The van der Waals surface area contributed by atoms with Crippen molar-refractivity contribution >= 4 is 28.2 Å². The molecule has 2 amide bonds. The SMILES string of the molecule is CCc1c(C)sc(NC(=O)c2ccco2)c1C(=O)NCc1ccccc1. The summed E-state index contributed by atoms with van der Waals surface area (Å²) in [6.45, 7) is 4.39. The normalized spacial score (nSPS) is 10.5. The summed E-state index contributed by atoms with van der Waals surface area (Å²) in [7, 11) is 0. The third-order valence-corrected chi connectivity index (χ3v) is 5.12. The summed E-state index contributed by atoms with van der Waals surface area (Å²) in [5.74, 6) is -0.342. The van der Waals surface area contributed by atoms with Crippen LogP contribution in [0.4, 0.5) is 5.00 Å². The zero-order chi connectivity index (χ0) is 18.5. The van der Waals surface area contributed by atoms with E-state index in [1.807, 2.05) is 44.2 Å². The van der Waals surface area contributed by atoms with Crippen LogP contribution < -0.4 is 10.6 Å². The molecule has 2 aromatic heterocycles. The maximum atomic E-state index is 12.8. The van der Waals surface area contributed by atoms with Gasteiger partial charge in [0.25, 0.3) is 11.8 Å². The molecule has 5 nitrogen and oxygen atoms in total. The van der Waals surface area contributed by atoms with Crippen LogP contribution in [0.5, 0.6) is 0 Å². The first-order chi connectivity index (χ1) is 12.6. The summed E-state index contributed by atoms with van der Waals surface area (Å²) < 4.78 is 5.13. The van der Waals surface area contributed by atoms with Gasteiger partial charge in [-0.05, 0) is 36.6 Å². The molecule has 0 saturated heterocycles. The fourth-order valence-corrected chi connectivity index (χ4v) is 3.91. The second kappa shape index (κ2) is 8.01. The average Bonchev–Trinajstić information content (AvgIpc) is 3.28. The molecule has 6 heteroatoms. The number of rotatable bonds is 6. The van der Waals surface area contributed by atoms with E-state index in [4.69, 9.17) is 4.42 Å². The first kappa shape index (κ1) is 17.9. The van der Waals surface area contributed by atoms with Crippen molar-refractivity contribution < 1.29 is 14.0 Å². The Bertz CT molecular complexity index is 899. The van der Waals surface area contributed by atoms with Gasteiger partial charge >= 0.3 is 0 Å². The molecule has 0 aliphatic heterocycles. The minimum Gasteiger partial charge on any atom is -0.459 e. The third kappa shape index (κ3) is 3.86. The Morgan fingerprint density at radius 2 is 1.85 bits per heavy atom. The van der Waals surface area contributed by atoms with Crippen molar-refractivity contribution in [2.24, 2.45) is 0 Å².